The van der Waals surface area contributed by atoms with Gasteiger partial charge in [0.15, 0.2) is 11.5 Å². The number of likely N-dealkylation sites (N-methyl/N-ethyl adjacent to an activating group) is 1. The predicted octanol–water partition coefficient (Wildman–Crippen LogP) is 3.66. The summed E-state index contributed by atoms with van der Waals surface area (Å²) in [5.74, 6) is 0.845. The van der Waals surface area contributed by atoms with E-state index in [0.29, 0.717) is 29.2 Å². The van der Waals surface area contributed by atoms with Crippen molar-refractivity contribution >= 4 is 18.0 Å². The predicted molar refractivity (Wildman–Crippen MR) is 134 cm³/mol. The zero-order valence-electron chi connectivity index (χ0n) is 21.1. The normalized spacial score (nSPS) is 23.3. The summed E-state index contributed by atoms with van der Waals surface area (Å²) in [5.41, 5.74) is 1.65. The molecule has 2 aromatic carbocycles. The van der Waals surface area contributed by atoms with Crippen molar-refractivity contribution < 1.29 is 33.3 Å². The average Bonchev–Trinajstić information content (AvgIpc) is 3.04. The topological polar surface area (TPSA) is 83.5 Å². The van der Waals surface area contributed by atoms with Crippen LogP contribution in [0.1, 0.15) is 30.4 Å². The fourth-order valence-corrected chi connectivity index (χ4v) is 5.14. The summed E-state index contributed by atoms with van der Waals surface area (Å²) in [6.45, 7) is 0. The van der Waals surface area contributed by atoms with Crippen molar-refractivity contribution in [3.8, 4) is 17.2 Å². The van der Waals surface area contributed by atoms with Crippen molar-refractivity contribution in [3.05, 3.63) is 59.7 Å². The van der Waals surface area contributed by atoms with Crippen molar-refractivity contribution in [2.75, 3.05) is 28.4 Å². The lowest BCUT2D eigenvalue weighted by molar-refractivity contribution is -0.153. The number of ether oxygens (including phenoxy) is 5. The van der Waals surface area contributed by atoms with Gasteiger partial charge < -0.3 is 23.7 Å². The molecule has 2 aromatic rings. The molecule has 2 heterocycles. The number of methoxy groups -OCH3 is 3. The van der Waals surface area contributed by atoms with Crippen LogP contribution in [0.3, 0.4) is 0 Å². The monoisotopic (exact) mass is 495 g/mol. The molecule has 8 heteroatoms. The van der Waals surface area contributed by atoms with E-state index in [1.165, 1.54) is 13.2 Å². The van der Waals surface area contributed by atoms with Gasteiger partial charge in [-0.1, -0.05) is 30.3 Å². The Hall–Kier alpha value is -3.52. The molecule has 2 fully saturated rings. The smallest absolute Gasteiger partial charge is 0.331 e. The second-order valence-electron chi connectivity index (χ2n) is 9.14. The first-order valence-corrected chi connectivity index (χ1v) is 12.1. The highest BCUT2D eigenvalue weighted by Crippen LogP contribution is 2.39. The van der Waals surface area contributed by atoms with E-state index in [4.69, 9.17) is 23.7 Å². The van der Waals surface area contributed by atoms with Crippen LogP contribution >= 0.6 is 0 Å². The van der Waals surface area contributed by atoms with Crippen LogP contribution in [0.2, 0.25) is 0 Å². The first-order chi connectivity index (χ1) is 17.4. The molecule has 4 atom stereocenters. The van der Waals surface area contributed by atoms with Crippen LogP contribution in [0.4, 0.5) is 0 Å². The number of hydrogen-bond acceptors (Lipinski definition) is 8. The van der Waals surface area contributed by atoms with Gasteiger partial charge in [-0.05, 0) is 36.4 Å². The first kappa shape index (κ1) is 25.6. The Morgan fingerprint density at radius 1 is 0.944 bits per heavy atom. The standard InChI is InChI=1S/C28H33NO7/c1-29-20-15-21(35-27(31)14-18-8-6-5-7-9-18)17-22(29)23(16-20)36-26(30)11-10-19-12-24(32-2)28(34-4)25(13-19)33-3/h5-13,20-23H,14-17H2,1-4H3/t20?,21-,22?,23-/m0/s1. The van der Waals surface area contributed by atoms with E-state index in [-0.39, 0.29) is 36.7 Å². The van der Waals surface area contributed by atoms with Gasteiger partial charge in [-0.3, -0.25) is 9.69 Å². The Balaban J connectivity index is 1.35. The number of carbonyl (C=O) groups excluding carboxylic acids is 2. The summed E-state index contributed by atoms with van der Waals surface area (Å²) < 4.78 is 27.7. The molecule has 2 unspecified atom stereocenters. The minimum absolute atomic E-state index is 0.0109. The van der Waals surface area contributed by atoms with Crippen molar-refractivity contribution in [1.82, 2.24) is 4.90 Å². The number of piperidine rings is 1. The van der Waals surface area contributed by atoms with Crippen molar-refractivity contribution in [2.24, 2.45) is 0 Å². The highest BCUT2D eigenvalue weighted by atomic mass is 16.6. The number of fused-ring (bicyclic) bond motifs is 2. The molecule has 2 bridgehead atoms. The highest BCUT2D eigenvalue weighted by Gasteiger charge is 2.47. The molecule has 2 saturated heterocycles. The van der Waals surface area contributed by atoms with Gasteiger partial charge in [0.25, 0.3) is 0 Å². The Morgan fingerprint density at radius 3 is 2.28 bits per heavy atom. The van der Waals surface area contributed by atoms with Gasteiger partial charge in [-0.25, -0.2) is 4.79 Å². The molecule has 0 radical (unpaired) electrons. The Bertz CT molecular complexity index is 1080. The molecule has 0 saturated carbocycles. The molecule has 0 aromatic heterocycles. The number of carbonyl (C=O) groups is 2. The van der Waals surface area contributed by atoms with Crippen LogP contribution in [0.15, 0.2) is 48.5 Å². The van der Waals surface area contributed by atoms with Crippen molar-refractivity contribution in [2.45, 2.75) is 50.0 Å². The van der Waals surface area contributed by atoms with E-state index in [0.717, 1.165) is 18.4 Å². The summed E-state index contributed by atoms with van der Waals surface area (Å²) in [4.78, 5) is 27.4. The van der Waals surface area contributed by atoms with E-state index in [1.807, 2.05) is 37.4 Å². The number of benzene rings is 2. The summed E-state index contributed by atoms with van der Waals surface area (Å²) >= 11 is 0. The first-order valence-electron chi connectivity index (χ1n) is 12.1. The molecule has 0 aliphatic carbocycles. The summed E-state index contributed by atoms with van der Waals surface area (Å²) in [7, 11) is 6.66. The lowest BCUT2D eigenvalue weighted by Gasteiger charge is -2.36. The molecular formula is C28H33NO7. The summed E-state index contributed by atoms with van der Waals surface area (Å²) in [6, 6.07) is 13.3. The van der Waals surface area contributed by atoms with Gasteiger partial charge in [0.1, 0.15) is 12.2 Å². The number of esters is 2. The SMILES string of the molecule is COc1cc(C=CC(=O)O[C@H]2CC3C[C@H](OC(=O)Cc4ccccc4)CC2N3C)cc(OC)c1OC. The fourth-order valence-electron chi connectivity index (χ4n) is 5.14. The van der Waals surface area contributed by atoms with Crippen LogP contribution in [0.25, 0.3) is 6.08 Å². The van der Waals surface area contributed by atoms with E-state index in [1.54, 1.807) is 32.4 Å². The van der Waals surface area contributed by atoms with Crippen LogP contribution in [0, 0.1) is 0 Å². The minimum Gasteiger partial charge on any atom is -0.493 e. The molecule has 192 valence electrons. The zero-order valence-corrected chi connectivity index (χ0v) is 21.1. The maximum absolute atomic E-state index is 12.7. The Kier molecular flexibility index (Phi) is 8.15. The van der Waals surface area contributed by atoms with E-state index in [9.17, 15) is 9.59 Å². The van der Waals surface area contributed by atoms with Crippen molar-refractivity contribution in [3.63, 3.8) is 0 Å². The maximum atomic E-state index is 12.7. The van der Waals surface area contributed by atoms with Gasteiger partial charge in [0.2, 0.25) is 5.75 Å². The number of hydrogen-bond donors (Lipinski definition) is 0. The zero-order chi connectivity index (χ0) is 25.7. The Labute approximate surface area is 211 Å². The second-order valence-corrected chi connectivity index (χ2v) is 9.14. The van der Waals surface area contributed by atoms with Crippen LogP contribution in [-0.2, 0) is 25.5 Å². The van der Waals surface area contributed by atoms with E-state index < -0.39 is 5.97 Å². The van der Waals surface area contributed by atoms with Gasteiger partial charge in [0, 0.05) is 31.4 Å². The quantitative estimate of drug-likeness (QED) is 0.385. The summed E-state index contributed by atoms with van der Waals surface area (Å²) in [6.07, 6.45) is 4.99. The van der Waals surface area contributed by atoms with Gasteiger partial charge in [-0.15, -0.1) is 0 Å². The molecular weight excluding hydrogens is 462 g/mol. The maximum Gasteiger partial charge on any atom is 0.331 e. The molecule has 4 rings (SSSR count). The van der Waals surface area contributed by atoms with Crippen LogP contribution in [0.5, 0.6) is 17.2 Å². The second kappa shape index (κ2) is 11.5. The molecule has 2 aliphatic rings. The van der Waals surface area contributed by atoms with Crippen LogP contribution in [-0.4, -0.2) is 69.5 Å². The molecule has 36 heavy (non-hydrogen) atoms. The molecule has 0 amide bonds. The average molecular weight is 496 g/mol. The van der Waals surface area contributed by atoms with E-state index in [2.05, 4.69) is 4.90 Å². The van der Waals surface area contributed by atoms with Gasteiger partial charge in [-0.2, -0.15) is 0 Å². The van der Waals surface area contributed by atoms with Crippen LogP contribution < -0.4 is 14.2 Å². The molecule has 0 N–H and O–H groups in total. The fraction of sp³-hybridized carbons (Fsp3) is 0.429. The Morgan fingerprint density at radius 2 is 1.64 bits per heavy atom. The number of rotatable bonds is 9. The lowest BCUT2D eigenvalue weighted by atomic mass is 10.00. The number of nitrogens with zero attached hydrogens (tertiary/aromatic N) is 1. The third-order valence-corrected chi connectivity index (χ3v) is 6.93. The third-order valence-electron chi connectivity index (χ3n) is 6.93. The highest BCUT2D eigenvalue weighted by molar-refractivity contribution is 5.87. The van der Waals surface area contributed by atoms with Gasteiger partial charge in [0.05, 0.1) is 33.8 Å². The summed E-state index contributed by atoms with van der Waals surface area (Å²) in [5, 5.41) is 0. The van der Waals surface area contributed by atoms with Crippen molar-refractivity contribution in [1.29, 1.82) is 0 Å². The minimum atomic E-state index is -0.424. The lowest BCUT2D eigenvalue weighted by Crippen LogP contribution is -2.46. The third kappa shape index (κ3) is 5.82. The molecule has 2 aliphatic heterocycles. The van der Waals surface area contributed by atoms with Gasteiger partial charge >= 0.3 is 11.9 Å². The molecule has 8 nitrogen and oxygen atoms in total. The van der Waals surface area contributed by atoms with E-state index >= 15 is 0 Å². The largest absolute Gasteiger partial charge is 0.493 e. The molecule has 0 spiro atoms.